The molecule has 1 aliphatic rings. The van der Waals surface area contributed by atoms with Crippen LogP contribution in [-0.2, 0) is 0 Å². The highest BCUT2D eigenvalue weighted by Gasteiger charge is 2.59. The average molecular weight is 135 g/mol. The standard InChI is InChI=1S/C6H11F2N/c1-5(2,3)9-4-6(9,7)8/h4H2,1-3H3. The van der Waals surface area contributed by atoms with Crippen molar-refractivity contribution in [3.8, 4) is 0 Å². The summed E-state index contributed by atoms with van der Waals surface area (Å²) in [7, 11) is 0. The van der Waals surface area contributed by atoms with Crippen LogP contribution in [0.1, 0.15) is 20.8 Å². The lowest BCUT2D eigenvalue weighted by Crippen LogP contribution is -2.29. The van der Waals surface area contributed by atoms with Gasteiger partial charge in [0, 0.05) is 5.54 Å². The first-order chi connectivity index (χ1) is 3.84. The van der Waals surface area contributed by atoms with Gasteiger partial charge in [-0.05, 0) is 20.8 Å². The van der Waals surface area contributed by atoms with Gasteiger partial charge >= 0.3 is 6.05 Å². The zero-order chi connectivity index (χ0) is 7.28. The van der Waals surface area contributed by atoms with Gasteiger partial charge in [-0.1, -0.05) is 0 Å². The molecule has 1 unspecified atom stereocenters. The molecule has 1 rings (SSSR count). The average Bonchev–Trinajstić information content (AvgIpc) is 2.10. The van der Waals surface area contributed by atoms with Gasteiger partial charge in [0.05, 0.1) is 6.54 Å². The van der Waals surface area contributed by atoms with Crippen molar-refractivity contribution in [3.63, 3.8) is 0 Å². The first kappa shape index (κ1) is 6.93. The number of hydrogen-bond acceptors (Lipinski definition) is 1. The number of alkyl halides is 2. The van der Waals surface area contributed by atoms with Crippen molar-refractivity contribution in [1.82, 2.24) is 4.90 Å². The van der Waals surface area contributed by atoms with Gasteiger partial charge in [0.2, 0.25) is 0 Å². The molecule has 0 bridgehead atoms. The Morgan fingerprint density at radius 2 is 1.67 bits per heavy atom. The Morgan fingerprint density at radius 3 is 1.67 bits per heavy atom. The van der Waals surface area contributed by atoms with Crippen molar-refractivity contribution in [2.75, 3.05) is 6.54 Å². The third kappa shape index (κ3) is 1.21. The lowest BCUT2D eigenvalue weighted by molar-refractivity contribution is 0.0207. The molecule has 1 saturated heterocycles. The van der Waals surface area contributed by atoms with Crippen molar-refractivity contribution in [2.45, 2.75) is 32.4 Å². The van der Waals surface area contributed by atoms with Crippen LogP contribution in [0.25, 0.3) is 0 Å². The van der Waals surface area contributed by atoms with Gasteiger partial charge in [-0.25, -0.2) is 4.90 Å². The maximum absolute atomic E-state index is 12.2. The molecule has 0 amide bonds. The van der Waals surface area contributed by atoms with E-state index in [-0.39, 0.29) is 12.1 Å². The molecule has 1 nitrogen and oxygen atoms in total. The Labute approximate surface area is 53.6 Å². The highest BCUT2D eigenvalue weighted by Crippen LogP contribution is 2.41. The quantitative estimate of drug-likeness (QED) is 0.361. The van der Waals surface area contributed by atoms with E-state index in [9.17, 15) is 8.78 Å². The van der Waals surface area contributed by atoms with Crippen LogP contribution in [0, 0.1) is 0 Å². The Bertz CT molecular complexity index is 126. The van der Waals surface area contributed by atoms with Gasteiger partial charge in [0.1, 0.15) is 0 Å². The van der Waals surface area contributed by atoms with E-state index >= 15 is 0 Å². The molecule has 1 aliphatic heterocycles. The number of hydrogen-bond donors (Lipinski definition) is 0. The third-order valence-corrected chi connectivity index (χ3v) is 1.45. The smallest absolute Gasteiger partial charge is 0.231 e. The molecule has 1 heterocycles. The minimum absolute atomic E-state index is 0.0729. The van der Waals surface area contributed by atoms with E-state index < -0.39 is 6.05 Å². The summed E-state index contributed by atoms with van der Waals surface area (Å²) in [6, 6.07) is -2.52. The molecular weight excluding hydrogens is 124 g/mol. The molecule has 54 valence electrons. The minimum Gasteiger partial charge on any atom is -0.231 e. The van der Waals surface area contributed by atoms with Crippen LogP contribution in [0.15, 0.2) is 0 Å². The van der Waals surface area contributed by atoms with E-state index in [0.717, 1.165) is 0 Å². The van der Waals surface area contributed by atoms with E-state index in [4.69, 9.17) is 0 Å². The molecule has 1 fully saturated rings. The van der Waals surface area contributed by atoms with Gasteiger partial charge < -0.3 is 0 Å². The molecule has 0 N–H and O–H groups in total. The second kappa shape index (κ2) is 1.45. The van der Waals surface area contributed by atoms with Crippen molar-refractivity contribution < 1.29 is 8.78 Å². The van der Waals surface area contributed by atoms with E-state index in [1.807, 2.05) is 0 Å². The van der Waals surface area contributed by atoms with Crippen LogP contribution >= 0.6 is 0 Å². The van der Waals surface area contributed by atoms with Crippen LogP contribution in [0.4, 0.5) is 8.78 Å². The molecule has 9 heavy (non-hydrogen) atoms. The summed E-state index contributed by atoms with van der Waals surface area (Å²) in [4.78, 5) is 1.17. The fourth-order valence-corrected chi connectivity index (χ4v) is 0.883. The van der Waals surface area contributed by atoms with Gasteiger partial charge in [-0.15, -0.1) is 0 Å². The van der Waals surface area contributed by atoms with Crippen LogP contribution in [0.3, 0.4) is 0 Å². The fraction of sp³-hybridized carbons (Fsp3) is 1.00. The SMILES string of the molecule is CC(C)(C)N1CC1(F)F. The van der Waals surface area contributed by atoms with E-state index in [1.165, 1.54) is 4.90 Å². The molecule has 0 aromatic heterocycles. The number of rotatable bonds is 0. The summed E-state index contributed by atoms with van der Waals surface area (Å²) in [6.07, 6.45) is 0. The summed E-state index contributed by atoms with van der Waals surface area (Å²) in [5, 5.41) is 0. The molecule has 0 aromatic carbocycles. The van der Waals surface area contributed by atoms with E-state index in [0.29, 0.717) is 0 Å². The minimum atomic E-state index is -2.52. The normalized spacial score (nSPS) is 32.3. The second-order valence-electron chi connectivity index (χ2n) is 3.42. The highest BCUT2D eigenvalue weighted by atomic mass is 19.3. The lowest BCUT2D eigenvalue weighted by atomic mass is 10.1. The molecule has 3 heteroatoms. The van der Waals surface area contributed by atoms with Gasteiger partial charge in [0.15, 0.2) is 0 Å². The maximum atomic E-state index is 12.2. The molecule has 1 atom stereocenters. The van der Waals surface area contributed by atoms with Gasteiger partial charge in [0.25, 0.3) is 0 Å². The number of halogens is 2. The zero-order valence-electron chi connectivity index (χ0n) is 5.91. The summed E-state index contributed by atoms with van der Waals surface area (Å²) < 4.78 is 24.4. The topological polar surface area (TPSA) is 3.01 Å². The summed E-state index contributed by atoms with van der Waals surface area (Å²) >= 11 is 0. The van der Waals surface area contributed by atoms with Crippen molar-refractivity contribution in [1.29, 1.82) is 0 Å². The predicted molar refractivity (Wildman–Crippen MR) is 31.4 cm³/mol. The molecular formula is C6H11F2N. The Morgan fingerprint density at radius 1 is 1.33 bits per heavy atom. The summed E-state index contributed by atoms with van der Waals surface area (Å²) in [6.45, 7) is 5.28. The molecule has 0 radical (unpaired) electrons. The zero-order valence-corrected chi connectivity index (χ0v) is 5.91. The van der Waals surface area contributed by atoms with Crippen LogP contribution < -0.4 is 0 Å². The lowest BCUT2D eigenvalue weighted by Gasteiger charge is -2.19. The van der Waals surface area contributed by atoms with Gasteiger partial charge in [-0.2, -0.15) is 8.78 Å². The monoisotopic (exact) mass is 135 g/mol. The maximum Gasteiger partial charge on any atom is 0.318 e. The third-order valence-electron chi connectivity index (χ3n) is 1.45. The molecule has 0 saturated carbocycles. The van der Waals surface area contributed by atoms with Crippen LogP contribution in [0.2, 0.25) is 0 Å². The Hall–Kier alpha value is -0.180. The van der Waals surface area contributed by atoms with Crippen LogP contribution in [0.5, 0.6) is 0 Å². The summed E-state index contributed by atoms with van der Waals surface area (Å²) in [5.74, 6) is 0. The summed E-state index contributed by atoms with van der Waals surface area (Å²) in [5.41, 5.74) is -0.372. The molecule has 0 aliphatic carbocycles. The van der Waals surface area contributed by atoms with Gasteiger partial charge in [-0.3, -0.25) is 0 Å². The Kier molecular flexibility index (Phi) is 1.12. The number of nitrogens with zero attached hydrogens (tertiary/aromatic N) is 1. The van der Waals surface area contributed by atoms with E-state index in [2.05, 4.69) is 0 Å². The van der Waals surface area contributed by atoms with E-state index in [1.54, 1.807) is 20.8 Å². The Balaban J connectivity index is 2.52. The van der Waals surface area contributed by atoms with Crippen LogP contribution in [-0.4, -0.2) is 23.0 Å². The van der Waals surface area contributed by atoms with Crippen molar-refractivity contribution in [2.24, 2.45) is 0 Å². The van der Waals surface area contributed by atoms with Crippen molar-refractivity contribution >= 4 is 0 Å². The van der Waals surface area contributed by atoms with Crippen molar-refractivity contribution in [3.05, 3.63) is 0 Å². The molecule has 0 spiro atoms. The second-order valence-corrected chi connectivity index (χ2v) is 3.42. The predicted octanol–water partition coefficient (Wildman–Crippen LogP) is 1.69. The first-order valence-electron chi connectivity index (χ1n) is 2.99. The fourth-order valence-electron chi connectivity index (χ4n) is 0.883. The largest absolute Gasteiger partial charge is 0.318 e. The highest BCUT2D eigenvalue weighted by molar-refractivity contribution is 4.96. The molecule has 0 aromatic rings. The first-order valence-corrected chi connectivity index (χ1v) is 2.99.